The van der Waals surface area contributed by atoms with Crippen LogP contribution in [-0.4, -0.2) is 21.2 Å². The van der Waals surface area contributed by atoms with Crippen LogP contribution in [0.25, 0.3) is 10.9 Å². The lowest BCUT2D eigenvalue weighted by molar-refractivity contribution is 0.406. The molecule has 0 aliphatic carbocycles. The second kappa shape index (κ2) is 6.43. The quantitative estimate of drug-likeness (QED) is 0.492. The van der Waals surface area contributed by atoms with Crippen molar-refractivity contribution in [2.75, 3.05) is 11.5 Å². The summed E-state index contributed by atoms with van der Waals surface area (Å²) in [6, 6.07) is 13.4. The fraction of sp³-hybridized carbons (Fsp3) is 0.176. The third kappa shape index (κ3) is 2.83. The van der Waals surface area contributed by atoms with E-state index in [1.807, 2.05) is 58.8 Å². The summed E-state index contributed by atoms with van der Waals surface area (Å²) in [6.07, 6.45) is 0. The van der Waals surface area contributed by atoms with Crippen molar-refractivity contribution in [3.05, 3.63) is 52.0 Å². The molecule has 4 nitrogen and oxygen atoms in total. The lowest BCUT2D eigenvalue weighted by atomic mass is 10.2. The van der Waals surface area contributed by atoms with E-state index in [9.17, 15) is 5.11 Å². The summed E-state index contributed by atoms with van der Waals surface area (Å²) in [4.78, 5) is 0. The Kier molecular flexibility index (Phi) is 4.28. The number of azo groups is 1. The van der Waals surface area contributed by atoms with Gasteiger partial charge in [-0.15, -0.1) is 5.11 Å². The van der Waals surface area contributed by atoms with Crippen molar-refractivity contribution in [1.29, 1.82) is 0 Å². The molecule has 0 spiro atoms. The van der Waals surface area contributed by atoms with E-state index in [0.717, 1.165) is 32.6 Å². The first-order valence-corrected chi connectivity index (χ1v) is 9.73. The number of hydrogen-bond donors (Lipinski definition) is 1. The van der Waals surface area contributed by atoms with Crippen LogP contribution in [0.1, 0.15) is 6.04 Å². The highest BCUT2D eigenvalue weighted by molar-refractivity contribution is 9.10. The van der Waals surface area contributed by atoms with Gasteiger partial charge in [0, 0.05) is 26.4 Å². The Balaban J connectivity index is 1.83. The van der Waals surface area contributed by atoms with Crippen molar-refractivity contribution >= 4 is 61.6 Å². The van der Waals surface area contributed by atoms with Gasteiger partial charge >= 0.3 is 0 Å². The molecule has 4 rings (SSSR count). The Morgan fingerprint density at radius 2 is 1.88 bits per heavy atom. The van der Waals surface area contributed by atoms with E-state index in [1.54, 1.807) is 0 Å². The third-order valence-electron chi connectivity index (χ3n) is 3.99. The lowest BCUT2D eigenvalue weighted by Crippen LogP contribution is -2.22. The SMILES string of the molecule is Oc1c(N=Nc2ccc(Br)cc2)c2cc(Cl)ccc2n1C1CSC1. The molecule has 1 aromatic heterocycles. The topological polar surface area (TPSA) is 49.9 Å². The number of fused-ring (bicyclic) bond motifs is 1. The molecule has 24 heavy (non-hydrogen) atoms. The molecule has 2 heterocycles. The van der Waals surface area contributed by atoms with E-state index in [1.165, 1.54) is 0 Å². The van der Waals surface area contributed by atoms with Crippen LogP contribution in [0.5, 0.6) is 5.88 Å². The molecular formula is C17H13BrClN3OS. The molecule has 122 valence electrons. The smallest absolute Gasteiger partial charge is 0.221 e. The van der Waals surface area contributed by atoms with Gasteiger partial charge in [-0.2, -0.15) is 16.9 Å². The monoisotopic (exact) mass is 421 g/mol. The van der Waals surface area contributed by atoms with Crippen LogP contribution in [0.2, 0.25) is 5.02 Å². The van der Waals surface area contributed by atoms with Gasteiger partial charge in [0.2, 0.25) is 5.88 Å². The minimum absolute atomic E-state index is 0.151. The lowest BCUT2D eigenvalue weighted by Gasteiger charge is -2.27. The first kappa shape index (κ1) is 16.0. The van der Waals surface area contributed by atoms with Crippen molar-refractivity contribution in [3.8, 4) is 5.88 Å². The van der Waals surface area contributed by atoms with Gasteiger partial charge in [-0.05, 0) is 42.5 Å². The first-order chi connectivity index (χ1) is 11.6. The number of rotatable bonds is 3. The zero-order valence-corrected chi connectivity index (χ0v) is 15.6. The predicted molar refractivity (Wildman–Crippen MR) is 103 cm³/mol. The van der Waals surface area contributed by atoms with E-state index in [0.29, 0.717) is 10.7 Å². The molecule has 0 unspecified atom stereocenters. The molecule has 7 heteroatoms. The van der Waals surface area contributed by atoms with E-state index in [4.69, 9.17) is 11.6 Å². The molecule has 1 saturated heterocycles. The molecule has 1 aliphatic heterocycles. The summed E-state index contributed by atoms with van der Waals surface area (Å²) in [6.45, 7) is 0. The highest BCUT2D eigenvalue weighted by Crippen LogP contribution is 2.45. The largest absolute Gasteiger partial charge is 0.493 e. The average molecular weight is 423 g/mol. The number of nitrogens with zero attached hydrogens (tertiary/aromatic N) is 3. The molecule has 1 aliphatic rings. The minimum atomic E-state index is 0.151. The van der Waals surface area contributed by atoms with E-state index < -0.39 is 0 Å². The molecule has 0 saturated carbocycles. The molecule has 3 aromatic rings. The van der Waals surface area contributed by atoms with Crippen LogP contribution in [0, 0.1) is 0 Å². The predicted octanol–water partition coefficient (Wildman–Crippen LogP) is 6.47. The van der Waals surface area contributed by atoms with Gasteiger partial charge in [-0.3, -0.25) is 0 Å². The highest BCUT2D eigenvalue weighted by Gasteiger charge is 2.27. The van der Waals surface area contributed by atoms with Crippen molar-refractivity contribution < 1.29 is 5.11 Å². The number of halogens is 2. The Morgan fingerprint density at radius 1 is 1.12 bits per heavy atom. The van der Waals surface area contributed by atoms with E-state index >= 15 is 0 Å². The van der Waals surface area contributed by atoms with Crippen LogP contribution in [-0.2, 0) is 0 Å². The maximum atomic E-state index is 10.7. The van der Waals surface area contributed by atoms with Crippen LogP contribution in [0.4, 0.5) is 11.4 Å². The maximum absolute atomic E-state index is 10.7. The number of thioether (sulfide) groups is 1. The summed E-state index contributed by atoms with van der Waals surface area (Å²) in [5.41, 5.74) is 2.12. The van der Waals surface area contributed by atoms with Gasteiger partial charge in [0.15, 0.2) is 5.69 Å². The van der Waals surface area contributed by atoms with Crippen LogP contribution in [0.15, 0.2) is 57.2 Å². The fourth-order valence-corrected chi connectivity index (χ4v) is 3.89. The van der Waals surface area contributed by atoms with Crippen LogP contribution in [0.3, 0.4) is 0 Å². The van der Waals surface area contributed by atoms with Crippen LogP contribution >= 0.6 is 39.3 Å². The van der Waals surface area contributed by atoms with Crippen molar-refractivity contribution in [2.24, 2.45) is 10.2 Å². The number of hydrogen-bond acceptors (Lipinski definition) is 4. The van der Waals surface area contributed by atoms with Gasteiger partial charge in [0.25, 0.3) is 0 Å². The minimum Gasteiger partial charge on any atom is -0.493 e. The Hall–Kier alpha value is -1.50. The number of aromatic hydroxyl groups is 1. The normalized spacial score (nSPS) is 15.2. The molecule has 1 N–H and O–H groups in total. The fourth-order valence-electron chi connectivity index (χ4n) is 2.71. The number of aromatic nitrogens is 1. The summed E-state index contributed by atoms with van der Waals surface area (Å²) in [5.74, 6) is 2.13. The van der Waals surface area contributed by atoms with Gasteiger partial charge in [-0.25, -0.2) is 0 Å². The zero-order chi connectivity index (χ0) is 16.7. The Morgan fingerprint density at radius 3 is 2.54 bits per heavy atom. The average Bonchev–Trinajstić information content (AvgIpc) is 2.78. The Labute approximate surface area is 156 Å². The molecular weight excluding hydrogens is 410 g/mol. The highest BCUT2D eigenvalue weighted by atomic mass is 79.9. The number of benzene rings is 2. The van der Waals surface area contributed by atoms with E-state index in [2.05, 4.69) is 26.2 Å². The van der Waals surface area contributed by atoms with Crippen LogP contribution < -0.4 is 0 Å². The second-order valence-corrected chi connectivity index (χ2v) is 8.00. The molecule has 2 aromatic carbocycles. The Bertz CT molecular complexity index is 935. The van der Waals surface area contributed by atoms with Gasteiger partial charge in [0.1, 0.15) is 0 Å². The van der Waals surface area contributed by atoms with Gasteiger partial charge < -0.3 is 9.67 Å². The molecule has 0 radical (unpaired) electrons. The summed E-state index contributed by atoms with van der Waals surface area (Å²) < 4.78 is 2.92. The molecule has 0 atom stereocenters. The summed E-state index contributed by atoms with van der Waals surface area (Å²) >= 11 is 11.4. The molecule has 0 bridgehead atoms. The van der Waals surface area contributed by atoms with Crippen molar-refractivity contribution in [3.63, 3.8) is 0 Å². The standard InChI is InChI=1S/C17H13BrClN3OS/c18-10-1-4-12(5-2-10)20-21-16-14-7-11(19)3-6-15(14)22(17(16)23)13-8-24-9-13/h1-7,13,23H,8-9H2. The second-order valence-electron chi connectivity index (χ2n) is 5.57. The maximum Gasteiger partial charge on any atom is 0.221 e. The van der Waals surface area contributed by atoms with E-state index in [-0.39, 0.29) is 11.9 Å². The third-order valence-corrected chi connectivity index (χ3v) is 6.00. The van der Waals surface area contributed by atoms with Gasteiger partial charge in [0.05, 0.1) is 17.2 Å². The molecule has 1 fully saturated rings. The zero-order valence-electron chi connectivity index (χ0n) is 12.5. The van der Waals surface area contributed by atoms with Crippen molar-refractivity contribution in [1.82, 2.24) is 4.57 Å². The first-order valence-electron chi connectivity index (χ1n) is 7.41. The summed E-state index contributed by atoms with van der Waals surface area (Å²) in [5, 5.41) is 20.7. The van der Waals surface area contributed by atoms with Crippen molar-refractivity contribution in [2.45, 2.75) is 6.04 Å². The summed E-state index contributed by atoms with van der Waals surface area (Å²) in [7, 11) is 0. The molecule has 0 amide bonds. The van der Waals surface area contributed by atoms with Gasteiger partial charge in [-0.1, -0.05) is 27.5 Å².